The molecule has 0 amide bonds. The number of rotatable bonds is 3. The second kappa shape index (κ2) is 3.89. The summed E-state index contributed by atoms with van der Waals surface area (Å²) >= 11 is 0. The van der Waals surface area contributed by atoms with Gasteiger partial charge in [-0.3, -0.25) is 4.99 Å². The standard InChI is InChI=1S/C10H19N/c1-3-7-10(11-2)8-5-4-6-9-10/h2-9H2,1H3. The number of aliphatic imine (C=N–C) groups is 1. The van der Waals surface area contributed by atoms with Gasteiger partial charge in [-0.25, -0.2) is 0 Å². The lowest BCUT2D eigenvalue weighted by atomic mass is 9.79. The van der Waals surface area contributed by atoms with E-state index in [1.54, 1.807) is 0 Å². The highest BCUT2D eigenvalue weighted by atomic mass is 14.8. The number of hydrogen-bond acceptors (Lipinski definition) is 1. The molecule has 1 aliphatic carbocycles. The fourth-order valence-corrected chi connectivity index (χ4v) is 2.16. The fraction of sp³-hybridized carbons (Fsp3) is 0.900. The van der Waals surface area contributed by atoms with Crippen molar-refractivity contribution in [2.45, 2.75) is 57.4 Å². The Balaban J connectivity index is 2.49. The second-order valence-electron chi connectivity index (χ2n) is 3.69. The molecule has 0 aliphatic heterocycles. The Morgan fingerprint density at radius 3 is 2.36 bits per heavy atom. The highest BCUT2D eigenvalue weighted by Gasteiger charge is 2.28. The maximum atomic E-state index is 4.32. The molecule has 11 heavy (non-hydrogen) atoms. The normalized spacial score (nSPS) is 23.0. The molecule has 0 aromatic carbocycles. The fourth-order valence-electron chi connectivity index (χ4n) is 2.16. The summed E-state index contributed by atoms with van der Waals surface area (Å²) in [6, 6.07) is 0. The van der Waals surface area contributed by atoms with Crippen LogP contribution in [-0.4, -0.2) is 12.3 Å². The summed E-state index contributed by atoms with van der Waals surface area (Å²) in [4.78, 5) is 4.32. The van der Waals surface area contributed by atoms with Crippen molar-refractivity contribution >= 4 is 6.72 Å². The van der Waals surface area contributed by atoms with Gasteiger partial charge >= 0.3 is 0 Å². The number of hydrogen-bond donors (Lipinski definition) is 0. The van der Waals surface area contributed by atoms with Gasteiger partial charge in [-0.2, -0.15) is 0 Å². The highest BCUT2D eigenvalue weighted by Crippen LogP contribution is 2.34. The molecule has 0 spiro atoms. The third-order valence-electron chi connectivity index (χ3n) is 2.84. The van der Waals surface area contributed by atoms with Crippen LogP contribution in [0.25, 0.3) is 0 Å². The van der Waals surface area contributed by atoms with E-state index < -0.39 is 0 Å². The van der Waals surface area contributed by atoms with Crippen molar-refractivity contribution in [2.75, 3.05) is 0 Å². The van der Waals surface area contributed by atoms with Crippen molar-refractivity contribution < 1.29 is 0 Å². The molecular weight excluding hydrogens is 134 g/mol. The van der Waals surface area contributed by atoms with E-state index in [4.69, 9.17) is 0 Å². The van der Waals surface area contributed by atoms with E-state index in [0.29, 0.717) is 0 Å². The molecule has 0 unspecified atom stereocenters. The smallest absolute Gasteiger partial charge is 0.0601 e. The SMILES string of the molecule is C=NC1(CCC)CCCCC1. The Hall–Kier alpha value is -0.330. The van der Waals surface area contributed by atoms with Crippen molar-refractivity contribution in [1.29, 1.82) is 0 Å². The van der Waals surface area contributed by atoms with Crippen LogP contribution in [0.15, 0.2) is 4.99 Å². The van der Waals surface area contributed by atoms with Gasteiger partial charge in [0.15, 0.2) is 0 Å². The molecule has 0 heterocycles. The molecule has 1 heteroatoms. The molecule has 0 bridgehead atoms. The van der Waals surface area contributed by atoms with Crippen molar-refractivity contribution in [2.24, 2.45) is 4.99 Å². The highest BCUT2D eigenvalue weighted by molar-refractivity contribution is 5.26. The third-order valence-corrected chi connectivity index (χ3v) is 2.84. The van der Waals surface area contributed by atoms with Crippen molar-refractivity contribution in [1.82, 2.24) is 0 Å². The first-order chi connectivity index (χ1) is 5.33. The predicted octanol–water partition coefficient (Wildman–Crippen LogP) is 3.19. The largest absolute Gasteiger partial charge is 0.294 e. The van der Waals surface area contributed by atoms with Crippen LogP contribution in [0.1, 0.15) is 51.9 Å². The van der Waals surface area contributed by atoms with Crippen molar-refractivity contribution in [3.63, 3.8) is 0 Å². The van der Waals surface area contributed by atoms with Crippen LogP contribution in [0.2, 0.25) is 0 Å². The average Bonchev–Trinajstić information content (AvgIpc) is 2.07. The second-order valence-corrected chi connectivity index (χ2v) is 3.69. The molecule has 1 fully saturated rings. The lowest BCUT2D eigenvalue weighted by molar-refractivity contribution is 0.280. The average molecular weight is 153 g/mol. The van der Waals surface area contributed by atoms with Gasteiger partial charge in [0.25, 0.3) is 0 Å². The predicted molar refractivity (Wildman–Crippen MR) is 50.3 cm³/mol. The lowest BCUT2D eigenvalue weighted by Crippen LogP contribution is -2.28. The van der Waals surface area contributed by atoms with E-state index in [2.05, 4.69) is 18.6 Å². The molecule has 0 atom stereocenters. The lowest BCUT2D eigenvalue weighted by Gasteiger charge is -2.32. The molecule has 0 aromatic heterocycles. The topological polar surface area (TPSA) is 12.4 Å². The molecule has 0 N–H and O–H groups in total. The molecule has 1 aliphatic rings. The Kier molecular flexibility index (Phi) is 3.10. The van der Waals surface area contributed by atoms with Crippen LogP contribution >= 0.6 is 0 Å². The zero-order chi connectivity index (χ0) is 8.16. The maximum absolute atomic E-state index is 4.32. The monoisotopic (exact) mass is 153 g/mol. The van der Waals surface area contributed by atoms with Gasteiger partial charge in [-0.15, -0.1) is 0 Å². The molecule has 0 saturated heterocycles. The summed E-state index contributed by atoms with van der Waals surface area (Å²) in [6.45, 7) is 5.96. The Bertz CT molecular complexity index is 117. The van der Waals surface area contributed by atoms with Crippen molar-refractivity contribution in [3.05, 3.63) is 0 Å². The van der Waals surface area contributed by atoms with E-state index >= 15 is 0 Å². The maximum Gasteiger partial charge on any atom is 0.0601 e. The summed E-state index contributed by atoms with van der Waals surface area (Å²) in [5, 5.41) is 0. The van der Waals surface area contributed by atoms with E-state index in [1.165, 1.54) is 44.9 Å². The van der Waals surface area contributed by atoms with Crippen LogP contribution in [0.4, 0.5) is 0 Å². The first-order valence-electron chi connectivity index (χ1n) is 4.81. The molecule has 0 aromatic rings. The third kappa shape index (κ3) is 2.05. The van der Waals surface area contributed by atoms with E-state index in [0.717, 1.165) is 0 Å². The first kappa shape index (κ1) is 8.76. The van der Waals surface area contributed by atoms with Crippen LogP contribution < -0.4 is 0 Å². The quantitative estimate of drug-likeness (QED) is 0.552. The first-order valence-corrected chi connectivity index (χ1v) is 4.81. The van der Waals surface area contributed by atoms with Gasteiger partial charge in [0.05, 0.1) is 5.54 Å². The Morgan fingerprint density at radius 1 is 1.27 bits per heavy atom. The van der Waals surface area contributed by atoms with Gasteiger partial charge in [0.1, 0.15) is 0 Å². The number of nitrogens with zero attached hydrogens (tertiary/aromatic N) is 1. The van der Waals surface area contributed by atoms with E-state index in [-0.39, 0.29) is 5.54 Å². The van der Waals surface area contributed by atoms with Crippen LogP contribution in [-0.2, 0) is 0 Å². The summed E-state index contributed by atoms with van der Waals surface area (Å²) in [5.41, 5.74) is 0.285. The minimum atomic E-state index is 0.285. The molecule has 0 radical (unpaired) electrons. The Labute approximate surface area is 69.9 Å². The summed E-state index contributed by atoms with van der Waals surface area (Å²) in [7, 11) is 0. The summed E-state index contributed by atoms with van der Waals surface area (Å²) in [5.74, 6) is 0. The van der Waals surface area contributed by atoms with Gasteiger partial charge in [0, 0.05) is 0 Å². The van der Waals surface area contributed by atoms with Gasteiger partial charge in [0.2, 0.25) is 0 Å². The zero-order valence-electron chi connectivity index (χ0n) is 7.60. The summed E-state index contributed by atoms with van der Waals surface area (Å²) < 4.78 is 0. The summed E-state index contributed by atoms with van der Waals surface area (Å²) in [6.07, 6.45) is 9.18. The van der Waals surface area contributed by atoms with Crippen molar-refractivity contribution in [3.8, 4) is 0 Å². The van der Waals surface area contributed by atoms with Crippen LogP contribution in [0, 0.1) is 0 Å². The van der Waals surface area contributed by atoms with Gasteiger partial charge in [-0.05, 0) is 26.0 Å². The minimum absolute atomic E-state index is 0.285. The molecule has 1 nitrogen and oxygen atoms in total. The minimum Gasteiger partial charge on any atom is -0.294 e. The Morgan fingerprint density at radius 2 is 1.91 bits per heavy atom. The molecule has 1 saturated carbocycles. The van der Waals surface area contributed by atoms with Gasteiger partial charge in [-0.1, -0.05) is 32.6 Å². The molecule has 64 valence electrons. The van der Waals surface area contributed by atoms with Crippen LogP contribution in [0.5, 0.6) is 0 Å². The van der Waals surface area contributed by atoms with E-state index in [9.17, 15) is 0 Å². The molecular formula is C10H19N. The van der Waals surface area contributed by atoms with Gasteiger partial charge < -0.3 is 0 Å². The van der Waals surface area contributed by atoms with E-state index in [1.807, 2.05) is 0 Å². The van der Waals surface area contributed by atoms with Crippen LogP contribution in [0.3, 0.4) is 0 Å². The zero-order valence-corrected chi connectivity index (χ0v) is 7.60. The molecule has 1 rings (SSSR count).